The molecule has 2 N–H and O–H groups in total. The van der Waals surface area contributed by atoms with Gasteiger partial charge in [-0.2, -0.15) is 0 Å². The fourth-order valence-corrected chi connectivity index (χ4v) is 1.63. The molecule has 0 amide bonds. The first kappa shape index (κ1) is 11.6. The summed E-state index contributed by atoms with van der Waals surface area (Å²) in [6.07, 6.45) is 3.29. The maximum atomic E-state index is 9.34. The summed E-state index contributed by atoms with van der Waals surface area (Å²) in [6.45, 7) is 0.750. The first-order valence-electron chi connectivity index (χ1n) is 5.56. The Labute approximate surface area is 99.3 Å². The van der Waals surface area contributed by atoms with Gasteiger partial charge in [0.25, 0.3) is 0 Å². The highest BCUT2D eigenvalue weighted by Gasteiger charge is 2.01. The van der Waals surface area contributed by atoms with Gasteiger partial charge in [-0.25, -0.2) is 4.68 Å². The van der Waals surface area contributed by atoms with E-state index in [1.165, 1.54) is 0 Å². The predicted octanol–water partition coefficient (Wildman–Crippen LogP) is 0.957. The molecule has 1 aromatic heterocycles. The zero-order valence-electron chi connectivity index (χ0n) is 9.45. The van der Waals surface area contributed by atoms with Crippen LogP contribution in [-0.2, 0) is 13.0 Å². The van der Waals surface area contributed by atoms with Gasteiger partial charge in [0.05, 0.1) is 12.2 Å². The topological polar surface area (TPSA) is 71.2 Å². The third-order valence-electron chi connectivity index (χ3n) is 2.43. The van der Waals surface area contributed by atoms with Crippen molar-refractivity contribution in [3.05, 3.63) is 41.7 Å². The van der Waals surface area contributed by atoms with Crippen molar-refractivity contribution in [1.82, 2.24) is 15.0 Å². The second kappa shape index (κ2) is 5.45. The van der Waals surface area contributed by atoms with Crippen LogP contribution in [0.2, 0.25) is 0 Å². The highest BCUT2D eigenvalue weighted by Crippen LogP contribution is 2.11. The van der Waals surface area contributed by atoms with Gasteiger partial charge in [-0.3, -0.25) is 0 Å². The number of aromatic nitrogens is 3. The van der Waals surface area contributed by atoms with Crippen LogP contribution in [0.4, 0.5) is 0 Å². The summed E-state index contributed by atoms with van der Waals surface area (Å²) in [7, 11) is 0. The maximum Gasteiger partial charge on any atom is 0.115 e. The van der Waals surface area contributed by atoms with E-state index in [1.807, 2.05) is 12.3 Å². The van der Waals surface area contributed by atoms with E-state index in [2.05, 4.69) is 10.3 Å². The fourth-order valence-electron chi connectivity index (χ4n) is 1.63. The van der Waals surface area contributed by atoms with Crippen molar-refractivity contribution in [2.45, 2.75) is 19.4 Å². The summed E-state index contributed by atoms with van der Waals surface area (Å²) in [6, 6.07) is 7.07. The summed E-state index contributed by atoms with van der Waals surface area (Å²) in [4.78, 5) is 0. The Morgan fingerprint density at radius 1 is 1.29 bits per heavy atom. The van der Waals surface area contributed by atoms with Crippen molar-refractivity contribution in [1.29, 1.82) is 0 Å². The molecule has 17 heavy (non-hydrogen) atoms. The van der Waals surface area contributed by atoms with E-state index >= 15 is 0 Å². The molecular weight excluding hydrogens is 218 g/mol. The van der Waals surface area contributed by atoms with Gasteiger partial charge in [-0.15, -0.1) is 5.10 Å². The van der Waals surface area contributed by atoms with E-state index in [9.17, 15) is 5.11 Å². The molecule has 0 aliphatic heterocycles. The zero-order valence-corrected chi connectivity index (χ0v) is 9.45. The van der Waals surface area contributed by atoms with E-state index in [-0.39, 0.29) is 12.4 Å². The maximum absolute atomic E-state index is 9.34. The van der Waals surface area contributed by atoms with E-state index in [0.29, 0.717) is 13.0 Å². The Balaban J connectivity index is 2.01. The fraction of sp³-hybridized carbons (Fsp3) is 0.333. The first-order chi connectivity index (χ1) is 8.28. The van der Waals surface area contributed by atoms with Crippen molar-refractivity contribution in [2.75, 3.05) is 6.61 Å². The van der Waals surface area contributed by atoms with E-state index in [1.54, 1.807) is 22.9 Å². The smallest absolute Gasteiger partial charge is 0.115 e. The number of phenolic OH excluding ortho intramolecular Hbond substituents is 1. The lowest BCUT2D eigenvalue weighted by atomic mass is 10.2. The summed E-state index contributed by atoms with van der Waals surface area (Å²) in [5.41, 5.74) is 1.85. The number of benzene rings is 1. The number of aryl methyl sites for hydroxylation is 1. The third-order valence-corrected chi connectivity index (χ3v) is 2.43. The van der Waals surface area contributed by atoms with Crippen LogP contribution in [0.1, 0.15) is 17.7 Å². The van der Waals surface area contributed by atoms with E-state index < -0.39 is 0 Å². The average Bonchev–Trinajstić information content (AvgIpc) is 2.74. The molecular formula is C12H15N3O2. The molecule has 0 spiro atoms. The Bertz CT molecular complexity index is 482. The highest BCUT2D eigenvalue weighted by atomic mass is 16.3. The normalized spacial score (nSPS) is 10.6. The van der Waals surface area contributed by atoms with Crippen LogP contribution in [0.25, 0.3) is 0 Å². The second-order valence-electron chi connectivity index (χ2n) is 3.90. The Morgan fingerprint density at radius 3 is 2.94 bits per heavy atom. The number of aliphatic hydroxyl groups excluding tert-OH is 1. The molecule has 1 aromatic carbocycles. The molecule has 0 aliphatic rings. The van der Waals surface area contributed by atoms with Gasteiger partial charge < -0.3 is 10.2 Å². The minimum atomic E-state index is 0.166. The van der Waals surface area contributed by atoms with Crippen LogP contribution in [0.5, 0.6) is 5.75 Å². The first-order valence-corrected chi connectivity index (χ1v) is 5.56. The molecule has 0 saturated heterocycles. The summed E-state index contributed by atoms with van der Waals surface area (Å²) >= 11 is 0. The largest absolute Gasteiger partial charge is 0.508 e. The minimum Gasteiger partial charge on any atom is -0.508 e. The van der Waals surface area contributed by atoms with E-state index in [0.717, 1.165) is 17.7 Å². The Kier molecular flexibility index (Phi) is 3.72. The molecule has 0 saturated carbocycles. The van der Waals surface area contributed by atoms with Crippen molar-refractivity contribution in [3.8, 4) is 5.75 Å². The van der Waals surface area contributed by atoms with Crippen LogP contribution in [-0.4, -0.2) is 31.8 Å². The monoisotopic (exact) mass is 233 g/mol. The summed E-state index contributed by atoms with van der Waals surface area (Å²) in [5, 5.41) is 26.1. The van der Waals surface area contributed by atoms with Crippen LogP contribution in [0, 0.1) is 0 Å². The van der Waals surface area contributed by atoms with Crippen LogP contribution < -0.4 is 0 Å². The second-order valence-corrected chi connectivity index (χ2v) is 3.90. The number of aliphatic hydroxyl groups is 1. The lowest BCUT2D eigenvalue weighted by Gasteiger charge is -2.01. The van der Waals surface area contributed by atoms with Gasteiger partial charge in [0.1, 0.15) is 5.75 Å². The Morgan fingerprint density at radius 2 is 2.18 bits per heavy atom. The molecule has 1 heterocycles. The molecule has 0 unspecified atom stereocenters. The number of rotatable bonds is 5. The molecule has 0 aliphatic carbocycles. The van der Waals surface area contributed by atoms with Crippen LogP contribution in [0.3, 0.4) is 0 Å². The molecule has 5 heteroatoms. The van der Waals surface area contributed by atoms with Crippen molar-refractivity contribution in [3.63, 3.8) is 0 Å². The molecule has 90 valence electrons. The van der Waals surface area contributed by atoms with Gasteiger partial charge in [-0.05, 0) is 30.5 Å². The van der Waals surface area contributed by atoms with Gasteiger partial charge in [0, 0.05) is 12.8 Å². The quantitative estimate of drug-likeness (QED) is 0.806. The average molecular weight is 233 g/mol. The third kappa shape index (κ3) is 3.29. The number of hydrogen-bond donors (Lipinski definition) is 2. The minimum absolute atomic E-state index is 0.166. The molecule has 0 fully saturated rings. The molecule has 0 radical (unpaired) electrons. The SMILES string of the molecule is OCCCc1cn(Cc2cccc(O)c2)nn1. The molecule has 0 bridgehead atoms. The molecule has 2 aromatic rings. The number of phenols is 1. The number of aromatic hydroxyl groups is 1. The number of hydrogen-bond acceptors (Lipinski definition) is 4. The van der Waals surface area contributed by atoms with Crippen molar-refractivity contribution < 1.29 is 10.2 Å². The van der Waals surface area contributed by atoms with Gasteiger partial charge in [0.2, 0.25) is 0 Å². The predicted molar refractivity (Wildman–Crippen MR) is 62.6 cm³/mol. The highest BCUT2D eigenvalue weighted by molar-refractivity contribution is 5.27. The standard InChI is InChI=1S/C12H15N3O2/c16-6-2-4-11-9-15(14-13-11)8-10-3-1-5-12(17)7-10/h1,3,5,7,9,16-17H,2,4,6,8H2. The van der Waals surface area contributed by atoms with Gasteiger partial charge >= 0.3 is 0 Å². The Hall–Kier alpha value is -1.88. The van der Waals surface area contributed by atoms with Crippen molar-refractivity contribution >= 4 is 0 Å². The molecule has 2 rings (SSSR count). The lowest BCUT2D eigenvalue weighted by Crippen LogP contribution is -2.00. The summed E-state index contributed by atoms with van der Waals surface area (Å²) < 4.78 is 1.72. The van der Waals surface area contributed by atoms with Crippen LogP contribution >= 0.6 is 0 Å². The summed E-state index contributed by atoms with van der Waals surface area (Å²) in [5.74, 6) is 0.253. The van der Waals surface area contributed by atoms with Crippen LogP contribution in [0.15, 0.2) is 30.5 Å². The zero-order chi connectivity index (χ0) is 12.1. The van der Waals surface area contributed by atoms with Crippen molar-refractivity contribution in [2.24, 2.45) is 0 Å². The molecule has 5 nitrogen and oxygen atoms in total. The van der Waals surface area contributed by atoms with Gasteiger partial charge in [0.15, 0.2) is 0 Å². The lowest BCUT2D eigenvalue weighted by molar-refractivity contribution is 0.288. The number of nitrogens with zero attached hydrogens (tertiary/aromatic N) is 3. The van der Waals surface area contributed by atoms with E-state index in [4.69, 9.17) is 5.11 Å². The molecule has 0 atom stereocenters. The van der Waals surface area contributed by atoms with Gasteiger partial charge in [-0.1, -0.05) is 17.3 Å².